The van der Waals surface area contributed by atoms with Crippen LogP contribution < -0.4 is 10.9 Å². The number of nitrogens with one attached hydrogen (secondary N) is 1. The van der Waals surface area contributed by atoms with Crippen LogP contribution in [0.2, 0.25) is 0 Å². The van der Waals surface area contributed by atoms with Gasteiger partial charge in [0.1, 0.15) is 6.54 Å². The van der Waals surface area contributed by atoms with Crippen molar-refractivity contribution in [3.8, 4) is 0 Å². The van der Waals surface area contributed by atoms with Crippen LogP contribution in [0.25, 0.3) is 16.6 Å². The number of aryl methyl sites for hydroxylation is 1. The zero-order valence-corrected chi connectivity index (χ0v) is 13.5. The first-order valence-electron chi connectivity index (χ1n) is 7.78. The number of carbonyl (C=O) groups is 1. The molecule has 0 radical (unpaired) electrons. The van der Waals surface area contributed by atoms with Gasteiger partial charge in [-0.2, -0.15) is 4.98 Å². The van der Waals surface area contributed by atoms with Gasteiger partial charge in [-0.15, -0.1) is 0 Å². The quantitative estimate of drug-likeness (QED) is 0.799. The van der Waals surface area contributed by atoms with Gasteiger partial charge in [0, 0.05) is 23.2 Å². The highest BCUT2D eigenvalue weighted by molar-refractivity contribution is 5.93. The lowest BCUT2D eigenvalue weighted by Gasteiger charge is -2.14. The van der Waals surface area contributed by atoms with Gasteiger partial charge in [0.05, 0.1) is 5.52 Å². The molecule has 0 saturated carbocycles. The Kier molecular flexibility index (Phi) is 3.90. The van der Waals surface area contributed by atoms with Crippen molar-refractivity contribution >= 4 is 22.5 Å². The molecule has 6 heteroatoms. The number of fused-ring (bicyclic) bond motifs is 3. The fourth-order valence-corrected chi connectivity index (χ4v) is 2.78. The van der Waals surface area contributed by atoms with E-state index in [-0.39, 0.29) is 24.1 Å². The molecule has 120 valence electrons. The van der Waals surface area contributed by atoms with Crippen LogP contribution in [0.3, 0.4) is 0 Å². The number of nitrogens with zero attached hydrogens (tertiary/aromatic N) is 3. The number of benzene rings is 1. The summed E-state index contributed by atoms with van der Waals surface area (Å²) in [6.45, 7) is 6.04. The van der Waals surface area contributed by atoms with Crippen LogP contribution >= 0.6 is 0 Å². The van der Waals surface area contributed by atoms with Crippen molar-refractivity contribution in [2.45, 2.75) is 39.8 Å². The largest absolute Gasteiger partial charge is 0.352 e. The summed E-state index contributed by atoms with van der Waals surface area (Å²) < 4.78 is 3.70. The lowest BCUT2D eigenvalue weighted by Crippen LogP contribution is -2.35. The Balaban J connectivity index is 2.18. The molecule has 1 amide bonds. The third-order valence-corrected chi connectivity index (χ3v) is 4.06. The Hall–Kier alpha value is -2.63. The molecule has 2 heterocycles. The molecule has 0 aliphatic heterocycles. The van der Waals surface area contributed by atoms with Crippen molar-refractivity contribution in [1.29, 1.82) is 0 Å². The molecular formula is C17H20N4O2. The minimum atomic E-state index is -0.269. The van der Waals surface area contributed by atoms with E-state index in [9.17, 15) is 9.59 Å². The molecule has 0 spiro atoms. The Morgan fingerprint density at radius 3 is 2.83 bits per heavy atom. The highest BCUT2D eigenvalue weighted by Gasteiger charge is 2.16. The number of carbonyl (C=O) groups excluding carboxylic acids is 1. The van der Waals surface area contributed by atoms with Crippen LogP contribution in [0, 0.1) is 6.92 Å². The van der Waals surface area contributed by atoms with E-state index in [1.54, 1.807) is 0 Å². The van der Waals surface area contributed by atoms with Gasteiger partial charge in [0.15, 0.2) is 5.65 Å². The van der Waals surface area contributed by atoms with Crippen LogP contribution in [0.15, 0.2) is 35.1 Å². The Labute approximate surface area is 133 Å². The molecule has 0 bridgehead atoms. The number of amides is 1. The average molecular weight is 312 g/mol. The van der Waals surface area contributed by atoms with Crippen LogP contribution in [0.4, 0.5) is 0 Å². The Bertz CT molecular complexity index is 939. The minimum Gasteiger partial charge on any atom is -0.352 e. The highest BCUT2D eigenvalue weighted by atomic mass is 16.2. The molecule has 0 fully saturated rings. The van der Waals surface area contributed by atoms with Gasteiger partial charge in [0.25, 0.3) is 5.56 Å². The van der Waals surface area contributed by atoms with E-state index in [2.05, 4.69) is 10.3 Å². The zero-order valence-electron chi connectivity index (χ0n) is 13.5. The molecule has 2 aromatic heterocycles. The van der Waals surface area contributed by atoms with Crippen molar-refractivity contribution in [2.75, 3.05) is 0 Å². The molecule has 0 aliphatic rings. The molecule has 6 nitrogen and oxygen atoms in total. The maximum atomic E-state index is 12.3. The summed E-state index contributed by atoms with van der Waals surface area (Å²) in [5.74, 6) is -0.0555. The number of para-hydroxylation sites is 1. The van der Waals surface area contributed by atoms with Crippen LogP contribution in [0.5, 0.6) is 0 Å². The van der Waals surface area contributed by atoms with E-state index >= 15 is 0 Å². The first-order valence-corrected chi connectivity index (χ1v) is 7.78. The van der Waals surface area contributed by atoms with Crippen molar-refractivity contribution < 1.29 is 4.79 Å². The molecule has 3 aromatic rings. The van der Waals surface area contributed by atoms with Gasteiger partial charge in [0.2, 0.25) is 5.91 Å². The summed E-state index contributed by atoms with van der Waals surface area (Å²) in [4.78, 5) is 28.2. The summed E-state index contributed by atoms with van der Waals surface area (Å²) in [6, 6.07) is 9.28. The van der Waals surface area contributed by atoms with E-state index in [0.717, 1.165) is 23.0 Å². The second-order valence-corrected chi connectivity index (χ2v) is 5.82. The van der Waals surface area contributed by atoms with Crippen LogP contribution in [-0.4, -0.2) is 26.1 Å². The third-order valence-electron chi connectivity index (χ3n) is 4.06. The fraction of sp³-hybridized carbons (Fsp3) is 0.353. The van der Waals surface area contributed by atoms with E-state index in [4.69, 9.17) is 0 Å². The first kappa shape index (κ1) is 15.3. The van der Waals surface area contributed by atoms with E-state index in [0.29, 0.717) is 5.65 Å². The predicted octanol–water partition coefficient (Wildman–Crippen LogP) is 1.87. The third kappa shape index (κ3) is 2.72. The first-order chi connectivity index (χ1) is 11.0. The molecule has 23 heavy (non-hydrogen) atoms. The van der Waals surface area contributed by atoms with E-state index < -0.39 is 0 Å². The molecular weight excluding hydrogens is 292 g/mol. The summed E-state index contributed by atoms with van der Waals surface area (Å²) in [5.41, 5.74) is 1.96. The van der Waals surface area contributed by atoms with Gasteiger partial charge in [-0.25, -0.2) is 4.52 Å². The average Bonchev–Trinajstić information content (AvgIpc) is 2.81. The molecule has 1 N–H and O–H groups in total. The van der Waals surface area contributed by atoms with Crippen LogP contribution in [0.1, 0.15) is 26.0 Å². The predicted molar refractivity (Wildman–Crippen MR) is 89.6 cm³/mol. The molecule has 1 aromatic carbocycles. The standard InChI is InChI=1S/C17H20N4O2/c1-4-11(2)18-16(23)10-20-14-8-6-5-7-13(14)17-19-15(22)9-12(3)21(17)20/h5-9,11H,4,10H2,1-3H3,(H,18,23)/t11-/m1/s1. The lowest BCUT2D eigenvalue weighted by atomic mass is 10.2. The second-order valence-electron chi connectivity index (χ2n) is 5.82. The highest BCUT2D eigenvalue weighted by Crippen LogP contribution is 2.21. The smallest absolute Gasteiger partial charge is 0.273 e. The number of hydrogen-bond donors (Lipinski definition) is 1. The topological polar surface area (TPSA) is 68.4 Å². The summed E-state index contributed by atoms with van der Waals surface area (Å²) >= 11 is 0. The van der Waals surface area contributed by atoms with Crippen molar-refractivity contribution in [3.63, 3.8) is 0 Å². The molecule has 0 unspecified atom stereocenters. The zero-order chi connectivity index (χ0) is 16.6. The van der Waals surface area contributed by atoms with Crippen LogP contribution in [-0.2, 0) is 11.3 Å². The summed E-state index contributed by atoms with van der Waals surface area (Å²) in [5, 5.41) is 3.84. The summed E-state index contributed by atoms with van der Waals surface area (Å²) in [7, 11) is 0. The van der Waals surface area contributed by atoms with E-state index in [1.165, 1.54) is 6.07 Å². The van der Waals surface area contributed by atoms with Crippen molar-refractivity contribution in [2.24, 2.45) is 0 Å². The van der Waals surface area contributed by atoms with Gasteiger partial charge >= 0.3 is 0 Å². The Morgan fingerprint density at radius 1 is 1.35 bits per heavy atom. The minimum absolute atomic E-state index is 0.0555. The molecule has 3 rings (SSSR count). The van der Waals surface area contributed by atoms with Gasteiger partial charge in [-0.3, -0.25) is 14.3 Å². The van der Waals surface area contributed by atoms with Gasteiger partial charge < -0.3 is 5.32 Å². The summed E-state index contributed by atoms with van der Waals surface area (Å²) in [6.07, 6.45) is 0.881. The van der Waals surface area contributed by atoms with Crippen molar-refractivity contribution in [3.05, 3.63) is 46.4 Å². The van der Waals surface area contributed by atoms with Gasteiger partial charge in [-0.05, 0) is 32.4 Å². The second kappa shape index (κ2) is 5.87. The number of hydrogen-bond acceptors (Lipinski definition) is 3. The van der Waals surface area contributed by atoms with E-state index in [1.807, 2.05) is 54.2 Å². The normalized spacial score (nSPS) is 12.7. The molecule has 1 atom stereocenters. The number of aromatic nitrogens is 3. The lowest BCUT2D eigenvalue weighted by molar-refractivity contribution is -0.122. The Morgan fingerprint density at radius 2 is 2.09 bits per heavy atom. The monoisotopic (exact) mass is 312 g/mol. The maximum Gasteiger partial charge on any atom is 0.273 e. The SMILES string of the molecule is CC[C@@H](C)NC(=O)Cn1c2ccccc2c2nc(=O)cc(C)n21. The molecule has 0 aliphatic carbocycles. The molecule has 0 saturated heterocycles. The maximum absolute atomic E-state index is 12.3. The van der Waals surface area contributed by atoms with Crippen molar-refractivity contribution in [1.82, 2.24) is 19.5 Å². The number of rotatable bonds is 4. The fourth-order valence-electron chi connectivity index (χ4n) is 2.78. The van der Waals surface area contributed by atoms with Gasteiger partial charge in [-0.1, -0.05) is 19.1 Å².